The van der Waals surface area contributed by atoms with Crippen molar-refractivity contribution < 1.29 is 9.47 Å². The Hall–Kier alpha value is -0.390. The Bertz CT molecular complexity index is 191. The molecule has 0 aliphatic heterocycles. The quantitative estimate of drug-likeness (QED) is 0.505. The van der Waals surface area contributed by atoms with Gasteiger partial charge in [0.1, 0.15) is 0 Å². The van der Waals surface area contributed by atoms with Gasteiger partial charge in [0.05, 0.1) is 13.2 Å². The van der Waals surface area contributed by atoms with E-state index in [1.165, 1.54) is 0 Å². The van der Waals surface area contributed by atoms with Crippen molar-refractivity contribution in [1.29, 1.82) is 0 Å². The lowest BCUT2D eigenvalue weighted by Crippen LogP contribution is -2.45. The van der Waals surface area contributed by atoms with E-state index in [-0.39, 0.29) is 0 Å². The van der Waals surface area contributed by atoms with Crippen molar-refractivity contribution in [3.63, 3.8) is 0 Å². The Kier molecular flexibility index (Phi) is 10.5. The number of rotatable bonds is 9. The third kappa shape index (κ3) is 9.32. The summed E-state index contributed by atoms with van der Waals surface area (Å²) in [5.41, 5.74) is 0. The van der Waals surface area contributed by atoms with Gasteiger partial charge in [-0.25, -0.2) is 0 Å². The Labute approximate surface area is 111 Å². The average molecular weight is 262 g/mol. The average Bonchev–Trinajstić information content (AvgIpc) is 2.26. The summed E-state index contributed by atoms with van der Waals surface area (Å²) >= 11 is 5.35. The van der Waals surface area contributed by atoms with Crippen LogP contribution in [0.3, 0.4) is 0 Å². The summed E-state index contributed by atoms with van der Waals surface area (Å²) in [6.45, 7) is 12.6. The Morgan fingerprint density at radius 1 is 1.12 bits per heavy atom. The van der Waals surface area contributed by atoms with Crippen molar-refractivity contribution in [3.8, 4) is 0 Å². The van der Waals surface area contributed by atoms with Crippen LogP contribution in [0.1, 0.15) is 27.7 Å². The lowest BCUT2D eigenvalue weighted by Gasteiger charge is -2.27. The number of nitrogens with zero attached hydrogens (tertiary/aromatic N) is 1. The van der Waals surface area contributed by atoms with Crippen LogP contribution in [0.5, 0.6) is 0 Å². The molecule has 0 aliphatic carbocycles. The van der Waals surface area contributed by atoms with Gasteiger partial charge in [-0.1, -0.05) is 0 Å². The van der Waals surface area contributed by atoms with E-state index in [1.54, 1.807) is 0 Å². The molecule has 0 rings (SSSR count). The van der Waals surface area contributed by atoms with Gasteiger partial charge in [0.2, 0.25) is 0 Å². The minimum atomic E-state index is 0.351. The molecule has 0 atom stereocenters. The summed E-state index contributed by atoms with van der Waals surface area (Å²) in [5, 5.41) is 4.02. The highest BCUT2D eigenvalue weighted by molar-refractivity contribution is 7.80. The minimum absolute atomic E-state index is 0.351. The second-order valence-corrected chi connectivity index (χ2v) is 4.37. The second kappa shape index (κ2) is 10.7. The highest BCUT2D eigenvalue weighted by Gasteiger charge is 2.09. The number of hydrogen-bond acceptors (Lipinski definition) is 3. The Balaban J connectivity index is 4.03. The molecule has 0 radical (unpaired) electrons. The summed E-state index contributed by atoms with van der Waals surface area (Å²) in [5.74, 6) is 0. The number of thiocarbonyl (C=S) groups is 1. The molecule has 0 aromatic rings. The van der Waals surface area contributed by atoms with Crippen LogP contribution in [0.4, 0.5) is 0 Å². The highest BCUT2D eigenvalue weighted by atomic mass is 32.1. The molecular formula is C12H26N2O2S. The standard InChI is InChI=1S/C12H26N2O2S/c1-5-15-9-7-14(8-10-16-6-2)12(17)13-11(3)4/h11H,5-10H2,1-4H3,(H,13,17). The van der Waals surface area contributed by atoms with E-state index >= 15 is 0 Å². The fourth-order valence-electron chi connectivity index (χ4n) is 1.29. The Morgan fingerprint density at radius 3 is 1.94 bits per heavy atom. The van der Waals surface area contributed by atoms with Crippen molar-refractivity contribution in [2.24, 2.45) is 0 Å². The van der Waals surface area contributed by atoms with Gasteiger partial charge in [0, 0.05) is 32.3 Å². The second-order valence-electron chi connectivity index (χ2n) is 3.99. The topological polar surface area (TPSA) is 33.7 Å². The molecular weight excluding hydrogens is 236 g/mol. The fourth-order valence-corrected chi connectivity index (χ4v) is 1.71. The maximum Gasteiger partial charge on any atom is 0.169 e. The molecule has 0 fully saturated rings. The summed E-state index contributed by atoms with van der Waals surface area (Å²) in [6.07, 6.45) is 0. The first-order valence-corrected chi connectivity index (χ1v) is 6.73. The molecule has 0 aromatic carbocycles. The third-order valence-corrected chi connectivity index (χ3v) is 2.49. The molecule has 0 saturated heterocycles. The lowest BCUT2D eigenvalue weighted by atomic mass is 10.4. The first-order valence-electron chi connectivity index (χ1n) is 6.32. The molecule has 0 aliphatic rings. The van der Waals surface area contributed by atoms with Gasteiger partial charge < -0.3 is 19.7 Å². The molecule has 102 valence electrons. The van der Waals surface area contributed by atoms with Gasteiger partial charge in [-0.2, -0.15) is 0 Å². The van der Waals surface area contributed by atoms with E-state index < -0.39 is 0 Å². The molecule has 0 unspecified atom stereocenters. The monoisotopic (exact) mass is 262 g/mol. The maximum absolute atomic E-state index is 5.36. The first-order chi connectivity index (χ1) is 8.11. The fraction of sp³-hybridized carbons (Fsp3) is 0.917. The predicted molar refractivity (Wildman–Crippen MR) is 75.4 cm³/mol. The van der Waals surface area contributed by atoms with Crippen LogP contribution in [0.2, 0.25) is 0 Å². The van der Waals surface area contributed by atoms with Crippen LogP contribution in [-0.4, -0.2) is 55.6 Å². The van der Waals surface area contributed by atoms with E-state index in [4.69, 9.17) is 21.7 Å². The molecule has 1 N–H and O–H groups in total. The number of nitrogens with one attached hydrogen (secondary N) is 1. The zero-order valence-corrected chi connectivity index (χ0v) is 12.3. The molecule has 0 heterocycles. The Morgan fingerprint density at radius 2 is 1.59 bits per heavy atom. The zero-order valence-electron chi connectivity index (χ0n) is 11.5. The van der Waals surface area contributed by atoms with Gasteiger partial charge in [-0.05, 0) is 39.9 Å². The SMILES string of the molecule is CCOCCN(CCOCC)C(=S)NC(C)C. The van der Waals surface area contributed by atoms with Crippen LogP contribution in [-0.2, 0) is 9.47 Å². The normalized spacial score (nSPS) is 10.6. The predicted octanol–water partition coefficient (Wildman–Crippen LogP) is 1.64. The molecule has 17 heavy (non-hydrogen) atoms. The third-order valence-electron chi connectivity index (χ3n) is 2.12. The number of hydrogen-bond donors (Lipinski definition) is 1. The minimum Gasteiger partial charge on any atom is -0.380 e. The van der Waals surface area contributed by atoms with Crippen molar-refractivity contribution in [2.75, 3.05) is 39.5 Å². The summed E-state index contributed by atoms with van der Waals surface area (Å²) in [7, 11) is 0. The van der Waals surface area contributed by atoms with Crippen molar-refractivity contribution in [3.05, 3.63) is 0 Å². The van der Waals surface area contributed by atoms with Gasteiger partial charge in [-0.3, -0.25) is 0 Å². The first kappa shape index (κ1) is 16.6. The van der Waals surface area contributed by atoms with E-state index in [9.17, 15) is 0 Å². The maximum atomic E-state index is 5.36. The van der Waals surface area contributed by atoms with Crippen LogP contribution in [0.25, 0.3) is 0 Å². The van der Waals surface area contributed by atoms with Crippen LogP contribution < -0.4 is 5.32 Å². The van der Waals surface area contributed by atoms with E-state index in [0.29, 0.717) is 19.3 Å². The van der Waals surface area contributed by atoms with E-state index in [2.05, 4.69) is 24.1 Å². The molecule has 0 amide bonds. The van der Waals surface area contributed by atoms with Crippen molar-refractivity contribution in [2.45, 2.75) is 33.7 Å². The van der Waals surface area contributed by atoms with Crippen LogP contribution in [0.15, 0.2) is 0 Å². The highest BCUT2D eigenvalue weighted by Crippen LogP contribution is 1.94. The molecule has 0 spiro atoms. The van der Waals surface area contributed by atoms with Crippen LogP contribution in [0, 0.1) is 0 Å². The summed E-state index contributed by atoms with van der Waals surface area (Å²) in [6, 6.07) is 0.351. The summed E-state index contributed by atoms with van der Waals surface area (Å²) < 4.78 is 10.7. The van der Waals surface area contributed by atoms with Gasteiger partial charge >= 0.3 is 0 Å². The molecule has 4 nitrogen and oxygen atoms in total. The largest absolute Gasteiger partial charge is 0.380 e. The van der Waals surface area contributed by atoms with Gasteiger partial charge in [0.15, 0.2) is 5.11 Å². The van der Waals surface area contributed by atoms with Crippen molar-refractivity contribution >= 4 is 17.3 Å². The smallest absolute Gasteiger partial charge is 0.169 e. The number of ether oxygens (including phenoxy) is 2. The van der Waals surface area contributed by atoms with Gasteiger partial charge in [0.25, 0.3) is 0 Å². The molecule has 0 aromatic heterocycles. The van der Waals surface area contributed by atoms with Crippen molar-refractivity contribution in [1.82, 2.24) is 10.2 Å². The van der Waals surface area contributed by atoms with Gasteiger partial charge in [-0.15, -0.1) is 0 Å². The lowest BCUT2D eigenvalue weighted by molar-refractivity contribution is 0.106. The molecule has 5 heteroatoms. The zero-order chi connectivity index (χ0) is 13.1. The summed E-state index contributed by atoms with van der Waals surface area (Å²) in [4.78, 5) is 2.10. The molecule has 0 bridgehead atoms. The molecule has 0 saturated carbocycles. The van der Waals surface area contributed by atoms with Crippen LogP contribution >= 0.6 is 12.2 Å². The van der Waals surface area contributed by atoms with E-state index in [0.717, 1.165) is 31.4 Å². The van der Waals surface area contributed by atoms with E-state index in [1.807, 2.05) is 13.8 Å².